The lowest BCUT2D eigenvalue weighted by Gasteiger charge is -2.34. The molecule has 2 aromatic heterocycles. The van der Waals surface area contributed by atoms with E-state index < -0.39 is 0 Å². The SMILES string of the molecule is Cc1ncsc1CN1Cc2ccnn2[C@H](CCN2CCCC2=O)C1. The van der Waals surface area contributed by atoms with Crippen LogP contribution < -0.4 is 0 Å². The Kier molecular flexibility index (Phi) is 4.37. The first-order chi connectivity index (χ1) is 11.7. The monoisotopic (exact) mass is 345 g/mol. The molecule has 7 heteroatoms. The lowest BCUT2D eigenvalue weighted by Crippen LogP contribution is -2.39. The first-order valence-electron chi connectivity index (χ1n) is 8.62. The Balaban J connectivity index is 1.45. The van der Waals surface area contributed by atoms with E-state index in [1.807, 2.05) is 16.6 Å². The summed E-state index contributed by atoms with van der Waals surface area (Å²) in [6, 6.07) is 2.45. The first kappa shape index (κ1) is 15.8. The van der Waals surface area contributed by atoms with E-state index in [0.29, 0.717) is 18.4 Å². The summed E-state index contributed by atoms with van der Waals surface area (Å²) in [5.74, 6) is 0.309. The van der Waals surface area contributed by atoms with Crippen molar-refractivity contribution >= 4 is 17.2 Å². The van der Waals surface area contributed by atoms with Gasteiger partial charge in [0, 0.05) is 50.2 Å². The van der Waals surface area contributed by atoms with E-state index in [9.17, 15) is 4.79 Å². The van der Waals surface area contributed by atoms with Crippen molar-refractivity contribution in [3.05, 3.63) is 34.0 Å². The van der Waals surface area contributed by atoms with E-state index >= 15 is 0 Å². The summed E-state index contributed by atoms with van der Waals surface area (Å²) in [4.78, 5) is 22.0. The Morgan fingerprint density at radius 1 is 1.42 bits per heavy atom. The van der Waals surface area contributed by atoms with Gasteiger partial charge in [0.1, 0.15) is 0 Å². The molecule has 2 aromatic rings. The van der Waals surface area contributed by atoms with Gasteiger partial charge in [-0.2, -0.15) is 5.10 Å². The molecule has 1 fully saturated rings. The summed E-state index contributed by atoms with van der Waals surface area (Å²) < 4.78 is 2.16. The summed E-state index contributed by atoms with van der Waals surface area (Å²) in [5, 5.41) is 4.53. The molecule has 6 nitrogen and oxygen atoms in total. The van der Waals surface area contributed by atoms with Gasteiger partial charge >= 0.3 is 0 Å². The van der Waals surface area contributed by atoms with Gasteiger partial charge in [0.25, 0.3) is 0 Å². The van der Waals surface area contributed by atoms with E-state index in [2.05, 4.69) is 32.7 Å². The number of aryl methyl sites for hydroxylation is 1. The van der Waals surface area contributed by atoms with Gasteiger partial charge in [-0.15, -0.1) is 11.3 Å². The number of carbonyl (C=O) groups is 1. The molecule has 0 radical (unpaired) electrons. The predicted molar refractivity (Wildman–Crippen MR) is 92.7 cm³/mol. The Morgan fingerprint density at radius 3 is 3.08 bits per heavy atom. The van der Waals surface area contributed by atoms with Gasteiger partial charge in [-0.25, -0.2) is 4.98 Å². The van der Waals surface area contributed by atoms with Gasteiger partial charge in [0.05, 0.1) is 22.9 Å². The number of nitrogens with zero attached hydrogens (tertiary/aromatic N) is 5. The third kappa shape index (κ3) is 3.10. The van der Waals surface area contributed by atoms with Crippen LogP contribution in [0.15, 0.2) is 17.8 Å². The third-order valence-corrected chi connectivity index (χ3v) is 5.99. The van der Waals surface area contributed by atoms with Crippen LogP contribution in [0.1, 0.15) is 41.6 Å². The number of amides is 1. The molecule has 128 valence electrons. The van der Waals surface area contributed by atoms with Crippen molar-refractivity contribution in [3.8, 4) is 0 Å². The molecule has 4 heterocycles. The molecule has 2 aliphatic heterocycles. The molecule has 0 aromatic carbocycles. The fourth-order valence-corrected chi connectivity index (χ4v) is 4.54. The number of thiazole rings is 1. The second kappa shape index (κ2) is 6.64. The van der Waals surface area contributed by atoms with Gasteiger partial charge < -0.3 is 4.90 Å². The van der Waals surface area contributed by atoms with Gasteiger partial charge in [-0.3, -0.25) is 14.4 Å². The number of hydrogen-bond acceptors (Lipinski definition) is 5. The van der Waals surface area contributed by atoms with Crippen molar-refractivity contribution in [2.45, 2.75) is 45.3 Å². The smallest absolute Gasteiger partial charge is 0.222 e. The maximum atomic E-state index is 11.8. The number of fused-ring (bicyclic) bond motifs is 1. The Morgan fingerprint density at radius 2 is 2.33 bits per heavy atom. The molecule has 0 N–H and O–H groups in total. The molecule has 0 spiro atoms. The second-order valence-electron chi connectivity index (χ2n) is 6.72. The van der Waals surface area contributed by atoms with Crippen LogP contribution in [0.5, 0.6) is 0 Å². The standard InChI is InChI=1S/C17H23N5OS/c1-13-16(24-12-18-13)11-20-9-14-4-6-19-22(14)15(10-20)5-8-21-7-2-3-17(21)23/h4,6,12,15H,2-3,5,7-11H2,1H3/t15-/m1/s1. The molecule has 0 unspecified atom stereocenters. The van der Waals surface area contributed by atoms with Crippen LogP contribution in [0.3, 0.4) is 0 Å². The largest absolute Gasteiger partial charge is 0.343 e. The van der Waals surface area contributed by atoms with Gasteiger partial charge in [0.15, 0.2) is 0 Å². The minimum atomic E-state index is 0.309. The van der Waals surface area contributed by atoms with Crippen LogP contribution in [-0.2, 0) is 17.9 Å². The van der Waals surface area contributed by atoms with Crippen LogP contribution in [0.4, 0.5) is 0 Å². The number of rotatable bonds is 5. The van der Waals surface area contributed by atoms with Crippen molar-refractivity contribution in [2.75, 3.05) is 19.6 Å². The van der Waals surface area contributed by atoms with Crippen LogP contribution in [0.25, 0.3) is 0 Å². The maximum Gasteiger partial charge on any atom is 0.222 e. The average molecular weight is 345 g/mol. The zero-order valence-electron chi connectivity index (χ0n) is 14.0. The van der Waals surface area contributed by atoms with E-state index in [0.717, 1.165) is 51.3 Å². The van der Waals surface area contributed by atoms with E-state index in [-0.39, 0.29) is 0 Å². The quantitative estimate of drug-likeness (QED) is 0.834. The highest BCUT2D eigenvalue weighted by atomic mass is 32.1. The summed E-state index contributed by atoms with van der Waals surface area (Å²) in [6.07, 6.45) is 4.59. The summed E-state index contributed by atoms with van der Waals surface area (Å²) >= 11 is 1.73. The van der Waals surface area contributed by atoms with Crippen LogP contribution >= 0.6 is 11.3 Å². The topological polar surface area (TPSA) is 54.3 Å². The molecule has 2 aliphatic rings. The summed E-state index contributed by atoms with van der Waals surface area (Å²) in [5.41, 5.74) is 4.33. The molecule has 1 atom stereocenters. The van der Waals surface area contributed by atoms with Crippen LogP contribution in [0.2, 0.25) is 0 Å². The minimum Gasteiger partial charge on any atom is -0.343 e. The number of aromatic nitrogens is 3. The molecule has 1 saturated heterocycles. The van der Waals surface area contributed by atoms with E-state index in [4.69, 9.17) is 0 Å². The lowest BCUT2D eigenvalue weighted by molar-refractivity contribution is -0.127. The third-order valence-electron chi connectivity index (χ3n) is 5.07. The molecule has 1 amide bonds. The normalized spacial score (nSPS) is 21.5. The summed E-state index contributed by atoms with van der Waals surface area (Å²) in [6.45, 7) is 6.69. The van der Waals surface area contributed by atoms with E-state index in [1.165, 1.54) is 10.6 Å². The fraction of sp³-hybridized carbons (Fsp3) is 0.588. The summed E-state index contributed by atoms with van der Waals surface area (Å²) in [7, 11) is 0. The molecule has 0 aliphatic carbocycles. The second-order valence-corrected chi connectivity index (χ2v) is 7.66. The Bertz CT molecular complexity index is 724. The fourth-order valence-electron chi connectivity index (χ4n) is 3.73. The number of carbonyl (C=O) groups excluding carboxylic acids is 1. The number of hydrogen-bond donors (Lipinski definition) is 0. The average Bonchev–Trinajstić information content (AvgIpc) is 3.28. The van der Waals surface area contributed by atoms with Gasteiger partial charge in [-0.05, 0) is 25.8 Å². The Hall–Kier alpha value is -1.73. The van der Waals surface area contributed by atoms with Crippen LogP contribution in [-0.4, -0.2) is 50.1 Å². The van der Waals surface area contributed by atoms with Crippen molar-refractivity contribution in [1.29, 1.82) is 0 Å². The van der Waals surface area contributed by atoms with E-state index in [1.54, 1.807) is 11.3 Å². The lowest BCUT2D eigenvalue weighted by atomic mass is 10.1. The predicted octanol–water partition coefficient (Wildman–Crippen LogP) is 2.22. The van der Waals surface area contributed by atoms with Gasteiger partial charge in [-0.1, -0.05) is 0 Å². The molecule has 0 bridgehead atoms. The highest BCUT2D eigenvalue weighted by Crippen LogP contribution is 2.26. The molecule has 4 rings (SSSR count). The highest BCUT2D eigenvalue weighted by molar-refractivity contribution is 7.09. The van der Waals surface area contributed by atoms with Crippen LogP contribution in [0, 0.1) is 6.92 Å². The molecule has 0 saturated carbocycles. The molecular formula is C17H23N5OS. The Labute approximate surface area is 146 Å². The van der Waals surface area contributed by atoms with Gasteiger partial charge in [0.2, 0.25) is 5.91 Å². The minimum absolute atomic E-state index is 0.309. The zero-order valence-corrected chi connectivity index (χ0v) is 14.8. The number of likely N-dealkylation sites (tertiary alicyclic amines) is 1. The molecular weight excluding hydrogens is 322 g/mol. The highest BCUT2D eigenvalue weighted by Gasteiger charge is 2.28. The van der Waals surface area contributed by atoms with Crippen molar-refractivity contribution in [3.63, 3.8) is 0 Å². The zero-order chi connectivity index (χ0) is 16.5. The molecule has 24 heavy (non-hydrogen) atoms. The maximum absolute atomic E-state index is 11.8. The van der Waals surface area contributed by atoms with Crippen molar-refractivity contribution in [1.82, 2.24) is 24.6 Å². The van der Waals surface area contributed by atoms with Crippen molar-refractivity contribution < 1.29 is 4.79 Å². The van der Waals surface area contributed by atoms with Crippen molar-refractivity contribution in [2.24, 2.45) is 0 Å². The first-order valence-corrected chi connectivity index (χ1v) is 9.50.